The molecule has 242 valence electrons. The molecule has 2 aliphatic rings. The summed E-state index contributed by atoms with van der Waals surface area (Å²) in [5, 5.41) is 10.4. The molecule has 0 radical (unpaired) electrons. The van der Waals surface area contributed by atoms with Crippen molar-refractivity contribution in [1.82, 2.24) is 4.90 Å². The summed E-state index contributed by atoms with van der Waals surface area (Å²) in [6.07, 6.45) is 6.17. The van der Waals surface area contributed by atoms with E-state index in [1.54, 1.807) is 9.80 Å². The van der Waals surface area contributed by atoms with E-state index in [0.717, 1.165) is 35.0 Å². The second kappa shape index (κ2) is 16.7. The molecule has 1 aliphatic heterocycles. The predicted octanol–water partition coefficient (Wildman–Crippen LogP) is 9.31. The summed E-state index contributed by atoms with van der Waals surface area (Å²) in [5.74, 6) is -0.168. The number of carboxylic acids is 1. The molecule has 0 saturated heterocycles. The molecule has 5 rings (SSSR count). The zero-order chi connectivity index (χ0) is 33.0. The minimum Gasteiger partial charge on any atom is -0.481 e. The van der Waals surface area contributed by atoms with E-state index in [4.69, 9.17) is 14.6 Å². The van der Waals surface area contributed by atoms with E-state index < -0.39 is 11.6 Å². The number of hydrogen-bond donors (Lipinski definition) is 2. The highest BCUT2D eigenvalue weighted by molar-refractivity contribution is 6.02. The van der Waals surface area contributed by atoms with Crippen LogP contribution in [-0.2, 0) is 16.1 Å². The van der Waals surface area contributed by atoms with E-state index in [0.29, 0.717) is 25.6 Å². The van der Waals surface area contributed by atoms with Crippen LogP contribution >= 0.6 is 0 Å². The summed E-state index contributed by atoms with van der Waals surface area (Å²) in [7, 11) is 0. The van der Waals surface area contributed by atoms with Gasteiger partial charge in [-0.05, 0) is 86.1 Å². The Balaban J connectivity index is 0.000000853. The standard InChI is InChI=1S/C33H39N3O3.C2H4O2.C2H6/c1-33(2,3)39-32(38)35-20-21-36(31(37)34-29-12-8-5-9-13-29)30-19-18-27(22-28(30)23-35)26-16-14-25(15-17-26)24-10-6-4-7-11-24;1-2(3)4;1-2/h5,8-9,12-19,22,24H,4,6-7,10-11,20-21,23H2,1-3H3,(H,34,37);1H3,(H,3,4);1-2H3. The Morgan fingerprint density at radius 2 is 1.44 bits per heavy atom. The van der Waals surface area contributed by atoms with Gasteiger partial charge in [0, 0.05) is 25.7 Å². The van der Waals surface area contributed by atoms with Crippen molar-refractivity contribution in [2.45, 2.75) is 91.7 Å². The molecular formula is C37H49N3O5. The smallest absolute Gasteiger partial charge is 0.410 e. The van der Waals surface area contributed by atoms with E-state index in [-0.39, 0.29) is 12.1 Å². The third-order valence-corrected chi connectivity index (χ3v) is 7.57. The van der Waals surface area contributed by atoms with E-state index >= 15 is 0 Å². The lowest BCUT2D eigenvalue weighted by Gasteiger charge is -2.26. The number of carbonyl (C=O) groups excluding carboxylic acids is 2. The number of benzene rings is 3. The topological polar surface area (TPSA) is 99.2 Å². The van der Waals surface area contributed by atoms with Gasteiger partial charge in [0.15, 0.2) is 0 Å². The summed E-state index contributed by atoms with van der Waals surface area (Å²) in [6, 6.07) is 24.3. The number of para-hydroxylation sites is 1. The minimum atomic E-state index is -0.833. The number of fused-ring (bicyclic) bond motifs is 1. The molecule has 1 saturated carbocycles. The zero-order valence-corrected chi connectivity index (χ0v) is 27.6. The Hall–Kier alpha value is -4.33. The van der Waals surface area contributed by atoms with Gasteiger partial charge < -0.3 is 20.1 Å². The van der Waals surface area contributed by atoms with Crippen LogP contribution in [0.15, 0.2) is 72.8 Å². The van der Waals surface area contributed by atoms with E-state index in [2.05, 4.69) is 41.7 Å². The fourth-order valence-electron chi connectivity index (χ4n) is 5.57. The van der Waals surface area contributed by atoms with Crippen molar-refractivity contribution in [3.05, 3.63) is 83.9 Å². The van der Waals surface area contributed by atoms with Gasteiger partial charge in [-0.3, -0.25) is 9.69 Å². The number of nitrogens with one attached hydrogen (secondary N) is 1. The summed E-state index contributed by atoms with van der Waals surface area (Å²) in [5.41, 5.74) is 5.47. The number of ether oxygens (including phenoxy) is 1. The molecule has 0 bridgehead atoms. The number of nitrogens with zero attached hydrogens (tertiary/aromatic N) is 2. The number of aliphatic carboxylic acids is 1. The van der Waals surface area contributed by atoms with Crippen LogP contribution in [0.5, 0.6) is 0 Å². The molecule has 2 N–H and O–H groups in total. The van der Waals surface area contributed by atoms with Crippen molar-refractivity contribution in [1.29, 1.82) is 0 Å². The molecule has 8 heteroatoms. The van der Waals surface area contributed by atoms with Crippen molar-refractivity contribution < 1.29 is 24.2 Å². The Morgan fingerprint density at radius 1 is 0.844 bits per heavy atom. The molecule has 1 aliphatic carbocycles. The molecule has 8 nitrogen and oxygen atoms in total. The van der Waals surface area contributed by atoms with Crippen LogP contribution < -0.4 is 10.2 Å². The first kappa shape index (κ1) is 35.2. The lowest BCUT2D eigenvalue weighted by molar-refractivity contribution is -0.134. The normalized spacial score (nSPS) is 14.8. The maximum atomic E-state index is 13.4. The highest BCUT2D eigenvalue weighted by Gasteiger charge is 2.29. The summed E-state index contributed by atoms with van der Waals surface area (Å²) < 4.78 is 5.69. The molecule has 0 aromatic heterocycles. The second-order valence-corrected chi connectivity index (χ2v) is 12.2. The lowest BCUT2D eigenvalue weighted by atomic mass is 9.83. The van der Waals surface area contributed by atoms with Gasteiger partial charge in [0.25, 0.3) is 5.97 Å². The molecular weight excluding hydrogens is 566 g/mol. The monoisotopic (exact) mass is 615 g/mol. The lowest BCUT2D eigenvalue weighted by Crippen LogP contribution is -2.41. The van der Waals surface area contributed by atoms with E-state index in [9.17, 15) is 9.59 Å². The van der Waals surface area contributed by atoms with Gasteiger partial charge >= 0.3 is 12.1 Å². The first-order chi connectivity index (χ1) is 21.5. The number of amides is 3. The maximum Gasteiger partial charge on any atom is 0.410 e. The molecule has 0 atom stereocenters. The van der Waals surface area contributed by atoms with Gasteiger partial charge in [0.1, 0.15) is 5.60 Å². The van der Waals surface area contributed by atoms with Crippen molar-refractivity contribution in [2.75, 3.05) is 23.3 Å². The van der Waals surface area contributed by atoms with Gasteiger partial charge in [0.05, 0.1) is 12.2 Å². The number of carboxylic acid groups (broad SMARTS) is 1. The quantitative estimate of drug-likeness (QED) is 0.306. The van der Waals surface area contributed by atoms with Crippen LogP contribution in [0.2, 0.25) is 0 Å². The summed E-state index contributed by atoms with van der Waals surface area (Å²) >= 11 is 0. The van der Waals surface area contributed by atoms with Crippen molar-refractivity contribution in [3.63, 3.8) is 0 Å². The maximum absolute atomic E-state index is 13.4. The molecule has 0 unspecified atom stereocenters. The summed E-state index contributed by atoms with van der Waals surface area (Å²) in [6.45, 7) is 11.8. The van der Waals surface area contributed by atoms with E-state index in [1.165, 1.54) is 37.7 Å². The fraction of sp³-hybridized carbons (Fsp3) is 0.432. The Kier molecular flexibility index (Phi) is 13.0. The third kappa shape index (κ3) is 10.7. The van der Waals surface area contributed by atoms with Crippen LogP contribution in [-0.4, -0.2) is 46.8 Å². The highest BCUT2D eigenvalue weighted by Crippen LogP contribution is 2.35. The van der Waals surface area contributed by atoms with Crippen LogP contribution in [0, 0.1) is 0 Å². The first-order valence-corrected chi connectivity index (χ1v) is 16.0. The Morgan fingerprint density at radius 3 is 2.04 bits per heavy atom. The second-order valence-electron chi connectivity index (χ2n) is 12.2. The largest absolute Gasteiger partial charge is 0.481 e. The van der Waals surface area contributed by atoms with Crippen LogP contribution in [0.25, 0.3) is 11.1 Å². The van der Waals surface area contributed by atoms with Gasteiger partial charge in [-0.2, -0.15) is 0 Å². The van der Waals surface area contributed by atoms with Crippen molar-refractivity contribution in [3.8, 4) is 11.1 Å². The van der Waals surface area contributed by atoms with Gasteiger partial charge in [-0.15, -0.1) is 0 Å². The summed E-state index contributed by atoms with van der Waals surface area (Å²) in [4.78, 5) is 38.9. The van der Waals surface area contributed by atoms with Gasteiger partial charge in [-0.25, -0.2) is 9.59 Å². The van der Waals surface area contributed by atoms with Crippen molar-refractivity contribution >= 4 is 29.5 Å². The van der Waals surface area contributed by atoms with Crippen LogP contribution in [0.3, 0.4) is 0 Å². The number of carbonyl (C=O) groups is 3. The minimum absolute atomic E-state index is 0.224. The molecule has 45 heavy (non-hydrogen) atoms. The average molecular weight is 616 g/mol. The third-order valence-electron chi connectivity index (χ3n) is 7.57. The van der Waals surface area contributed by atoms with Crippen molar-refractivity contribution in [2.24, 2.45) is 0 Å². The van der Waals surface area contributed by atoms with Crippen LogP contribution in [0.4, 0.5) is 21.0 Å². The molecule has 3 amide bonds. The van der Waals surface area contributed by atoms with Gasteiger partial charge in [-0.1, -0.05) is 81.6 Å². The SMILES string of the molecule is CC.CC(=O)O.CC(C)(C)OC(=O)N1CCN(C(=O)Nc2ccccc2)c2ccc(-c3ccc(C4CCCCC4)cc3)cc2C1. The Labute approximate surface area is 268 Å². The van der Waals surface area contributed by atoms with E-state index in [1.807, 2.05) is 71.0 Å². The van der Waals surface area contributed by atoms with Gasteiger partial charge in [0.2, 0.25) is 0 Å². The number of rotatable bonds is 3. The molecule has 0 spiro atoms. The molecule has 1 heterocycles. The predicted molar refractivity (Wildman–Crippen MR) is 182 cm³/mol. The van der Waals surface area contributed by atoms with Crippen LogP contribution in [0.1, 0.15) is 90.7 Å². The highest BCUT2D eigenvalue weighted by atomic mass is 16.6. The Bertz CT molecular complexity index is 1390. The number of hydrogen-bond acceptors (Lipinski definition) is 4. The molecule has 3 aromatic carbocycles. The number of urea groups is 1. The fourth-order valence-corrected chi connectivity index (χ4v) is 5.57. The zero-order valence-electron chi connectivity index (χ0n) is 27.6. The average Bonchev–Trinajstić information content (AvgIpc) is 3.22. The number of anilines is 2. The molecule has 3 aromatic rings. The molecule has 1 fully saturated rings. The first-order valence-electron chi connectivity index (χ1n) is 16.0.